The summed E-state index contributed by atoms with van der Waals surface area (Å²) in [7, 11) is -5.47. The fraction of sp³-hybridized carbons (Fsp3) is 0.444. The molecule has 0 aromatic heterocycles. The summed E-state index contributed by atoms with van der Waals surface area (Å²) in [6.45, 7) is 8.44. The molecule has 0 N–H and O–H groups in total. The molecule has 0 aliphatic carbocycles. The molecule has 1 unspecified atom stereocenters. The maximum atomic E-state index is 13.5. The standard InChI is InChI=1S/C27H39NO4SSeSi/c1-5-6-15-25(19-21-34-26-16-11-8-12-17-26)28(33(30,31)23-35(2,3)4)20-18-27(29)32-22-24-13-9-7-10-14-24/h7-14,16-18,20,25H,5-6,15,19,21-23H2,1-4H3/b20-18+. The second-order valence-electron chi connectivity index (χ2n) is 9.80. The molecule has 5 nitrogen and oxygen atoms in total. The van der Waals surface area contributed by atoms with Crippen molar-refractivity contribution in [1.82, 2.24) is 4.31 Å². The van der Waals surface area contributed by atoms with Gasteiger partial charge in [-0.1, -0.05) is 6.07 Å². The molecule has 2 aromatic carbocycles. The molecule has 0 heterocycles. The topological polar surface area (TPSA) is 63.7 Å². The SMILES string of the molecule is CCCCC(CC[Se]c1ccccc1)N(/C=C/C(=O)OCc1ccccc1)S(=O)(=O)C[Si](C)(C)C. The molecule has 192 valence electrons. The second-order valence-corrected chi connectivity index (χ2v) is 20.1. The molecule has 2 rings (SSSR count). The molecule has 0 bridgehead atoms. The van der Waals surface area contributed by atoms with Gasteiger partial charge < -0.3 is 0 Å². The predicted molar refractivity (Wildman–Crippen MR) is 149 cm³/mol. The van der Waals surface area contributed by atoms with Gasteiger partial charge in [0.2, 0.25) is 0 Å². The number of hydrogen-bond acceptors (Lipinski definition) is 4. The Morgan fingerprint density at radius 1 is 1.03 bits per heavy atom. The normalized spacial score (nSPS) is 13.0. The Kier molecular flexibility index (Phi) is 12.3. The molecular formula is C27H39NO4SSeSi. The molecule has 35 heavy (non-hydrogen) atoms. The van der Waals surface area contributed by atoms with E-state index in [1.165, 1.54) is 21.0 Å². The minimum atomic E-state index is -3.56. The molecule has 0 aliphatic rings. The monoisotopic (exact) mass is 581 g/mol. The van der Waals surface area contributed by atoms with Crippen LogP contribution in [0.1, 0.15) is 38.2 Å². The van der Waals surface area contributed by atoms with Crippen molar-refractivity contribution in [3.63, 3.8) is 0 Å². The Hall–Kier alpha value is -1.86. The summed E-state index contributed by atoms with van der Waals surface area (Å²) >= 11 is 0.276. The van der Waals surface area contributed by atoms with Crippen LogP contribution in [0.5, 0.6) is 0 Å². The average molecular weight is 581 g/mol. The van der Waals surface area contributed by atoms with Crippen LogP contribution in [0.3, 0.4) is 0 Å². The molecule has 8 heteroatoms. The number of ether oxygens (including phenoxy) is 1. The third kappa shape index (κ3) is 11.6. The molecular weight excluding hydrogens is 541 g/mol. The Labute approximate surface area is 219 Å². The number of carbonyl (C=O) groups is 1. The molecule has 2 aromatic rings. The van der Waals surface area contributed by atoms with E-state index in [1.54, 1.807) is 0 Å². The van der Waals surface area contributed by atoms with Gasteiger partial charge in [0, 0.05) is 0 Å². The van der Waals surface area contributed by atoms with Crippen LogP contribution in [0.4, 0.5) is 0 Å². The maximum absolute atomic E-state index is 13.5. The first-order valence-electron chi connectivity index (χ1n) is 12.2. The van der Waals surface area contributed by atoms with Gasteiger partial charge in [0.05, 0.1) is 0 Å². The van der Waals surface area contributed by atoms with Crippen LogP contribution in [0.25, 0.3) is 0 Å². The van der Waals surface area contributed by atoms with Gasteiger partial charge in [0.15, 0.2) is 0 Å². The van der Waals surface area contributed by atoms with Crippen molar-refractivity contribution in [2.45, 2.75) is 70.2 Å². The van der Waals surface area contributed by atoms with Crippen molar-refractivity contribution >= 4 is 43.5 Å². The van der Waals surface area contributed by atoms with Crippen molar-refractivity contribution in [2.75, 3.05) is 5.38 Å². The number of benzene rings is 2. The van der Waals surface area contributed by atoms with Gasteiger partial charge in [-0.25, -0.2) is 0 Å². The van der Waals surface area contributed by atoms with E-state index in [4.69, 9.17) is 4.74 Å². The first-order valence-corrected chi connectivity index (χ1v) is 19.6. The Morgan fingerprint density at radius 2 is 1.66 bits per heavy atom. The number of hydrogen-bond donors (Lipinski definition) is 0. The van der Waals surface area contributed by atoms with Crippen LogP contribution in [-0.2, 0) is 26.2 Å². The third-order valence-corrected chi connectivity index (χ3v) is 13.4. The van der Waals surface area contributed by atoms with Gasteiger partial charge in [-0.05, 0) is 0 Å². The molecule has 0 aliphatic heterocycles. The zero-order valence-electron chi connectivity index (χ0n) is 21.4. The van der Waals surface area contributed by atoms with E-state index >= 15 is 0 Å². The average Bonchev–Trinajstić information content (AvgIpc) is 2.80. The van der Waals surface area contributed by atoms with Crippen LogP contribution < -0.4 is 4.46 Å². The van der Waals surface area contributed by atoms with Crippen LogP contribution >= 0.6 is 0 Å². The zero-order chi connectivity index (χ0) is 25.7. The van der Waals surface area contributed by atoms with E-state index in [9.17, 15) is 13.2 Å². The van der Waals surface area contributed by atoms with Gasteiger partial charge in [-0.15, -0.1) is 0 Å². The predicted octanol–water partition coefficient (Wildman–Crippen LogP) is 5.15. The number of sulfonamides is 1. The third-order valence-electron chi connectivity index (χ3n) is 5.23. The number of unbranched alkanes of at least 4 members (excludes halogenated alkanes) is 1. The van der Waals surface area contributed by atoms with Crippen molar-refractivity contribution in [3.05, 3.63) is 78.5 Å². The van der Waals surface area contributed by atoms with Crippen LogP contribution in [0, 0.1) is 0 Å². The van der Waals surface area contributed by atoms with Gasteiger partial charge >= 0.3 is 214 Å². The summed E-state index contributed by atoms with van der Waals surface area (Å²) in [6, 6.07) is 19.6. The number of nitrogens with zero attached hydrogens (tertiary/aromatic N) is 1. The summed E-state index contributed by atoms with van der Waals surface area (Å²) < 4.78 is 35.2. The number of rotatable bonds is 15. The van der Waals surface area contributed by atoms with Gasteiger partial charge in [0.25, 0.3) is 0 Å². The van der Waals surface area contributed by atoms with Crippen molar-refractivity contribution in [3.8, 4) is 0 Å². The van der Waals surface area contributed by atoms with Crippen molar-refractivity contribution < 1.29 is 17.9 Å². The molecule has 0 fully saturated rings. The van der Waals surface area contributed by atoms with Gasteiger partial charge in [0.1, 0.15) is 0 Å². The molecule has 0 saturated carbocycles. The van der Waals surface area contributed by atoms with E-state index in [2.05, 4.69) is 38.7 Å². The van der Waals surface area contributed by atoms with Crippen LogP contribution in [0.15, 0.2) is 72.9 Å². The molecule has 0 spiro atoms. The molecule has 1 atom stereocenters. The van der Waals surface area contributed by atoms with E-state index in [1.807, 2.05) is 48.5 Å². The fourth-order valence-corrected chi connectivity index (χ4v) is 11.6. The quantitative estimate of drug-likeness (QED) is 0.166. The summed E-state index contributed by atoms with van der Waals surface area (Å²) in [5.41, 5.74) is 0.890. The summed E-state index contributed by atoms with van der Waals surface area (Å²) in [4.78, 5) is 12.4. The Morgan fingerprint density at radius 3 is 2.26 bits per heavy atom. The Bertz CT molecular complexity index is 1020. The molecule has 0 saturated heterocycles. The number of esters is 1. The summed E-state index contributed by atoms with van der Waals surface area (Å²) in [5.74, 6) is -0.537. The molecule has 0 radical (unpaired) electrons. The zero-order valence-corrected chi connectivity index (χ0v) is 24.9. The van der Waals surface area contributed by atoms with Crippen molar-refractivity contribution in [2.24, 2.45) is 0 Å². The second kappa shape index (κ2) is 14.6. The van der Waals surface area contributed by atoms with E-state index in [-0.39, 0.29) is 33.0 Å². The van der Waals surface area contributed by atoms with Crippen molar-refractivity contribution in [1.29, 1.82) is 0 Å². The summed E-state index contributed by atoms with van der Waals surface area (Å²) in [5, 5.41) is 1.09. The first kappa shape index (κ1) is 29.4. The fourth-order valence-electron chi connectivity index (χ4n) is 3.64. The molecule has 0 amide bonds. The van der Waals surface area contributed by atoms with E-state index in [0.717, 1.165) is 36.6 Å². The Balaban J connectivity index is 2.18. The number of carbonyl (C=O) groups excluding carboxylic acids is 1. The van der Waals surface area contributed by atoms with Crippen LogP contribution in [-0.4, -0.2) is 53.1 Å². The van der Waals surface area contributed by atoms with Gasteiger partial charge in [-0.3, -0.25) is 0 Å². The summed E-state index contributed by atoms with van der Waals surface area (Å²) in [6.07, 6.45) is 6.20. The minimum absolute atomic E-state index is 0.149. The first-order chi connectivity index (χ1) is 16.6. The van der Waals surface area contributed by atoms with Gasteiger partial charge in [-0.2, -0.15) is 0 Å². The van der Waals surface area contributed by atoms with E-state index in [0.29, 0.717) is 0 Å². The van der Waals surface area contributed by atoms with E-state index < -0.39 is 24.1 Å². The van der Waals surface area contributed by atoms with Crippen LogP contribution in [0.2, 0.25) is 25.0 Å².